The molecule has 0 saturated carbocycles. The summed E-state index contributed by atoms with van der Waals surface area (Å²) in [6, 6.07) is 5.82. The molecule has 26 heavy (non-hydrogen) atoms. The summed E-state index contributed by atoms with van der Waals surface area (Å²) < 4.78 is 5.43. The van der Waals surface area contributed by atoms with Crippen LogP contribution in [0.4, 0.5) is 0 Å². The van der Waals surface area contributed by atoms with Crippen molar-refractivity contribution in [3.05, 3.63) is 61.5 Å². The Kier molecular flexibility index (Phi) is 4.71. The van der Waals surface area contributed by atoms with Crippen LogP contribution >= 0.6 is 34.0 Å². The average Bonchev–Trinajstić information content (AvgIpc) is 3.35. The number of aromatic amines is 1. The van der Waals surface area contributed by atoms with Gasteiger partial charge < -0.3 is 9.72 Å². The minimum Gasteiger partial charge on any atom is -0.454 e. The Bertz CT molecular complexity index is 1090. The molecule has 132 valence electrons. The maximum Gasteiger partial charge on any atom is 0.310 e. The van der Waals surface area contributed by atoms with Crippen LogP contribution in [0.3, 0.4) is 0 Å². The first-order valence-corrected chi connectivity index (χ1v) is 10.6. The van der Waals surface area contributed by atoms with Crippen LogP contribution in [-0.4, -0.2) is 15.9 Å². The van der Waals surface area contributed by atoms with Gasteiger partial charge in [-0.05, 0) is 40.8 Å². The number of hydrogen-bond donors (Lipinski definition) is 1. The molecule has 0 spiro atoms. The normalized spacial score (nSPS) is 12.3. The summed E-state index contributed by atoms with van der Waals surface area (Å²) in [5.41, 5.74) is 1.60. The van der Waals surface area contributed by atoms with Gasteiger partial charge in [-0.1, -0.05) is 6.07 Å². The summed E-state index contributed by atoms with van der Waals surface area (Å²) in [5, 5.41) is 8.33. The molecule has 0 unspecified atom stereocenters. The van der Waals surface area contributed by atoms with Gasteiger partial charge in [0.1, 0.15) is 4.83 Å². The quantitative estimate of drug-likeness (QED) is 0.494. The zero-order valence-electron chi connectivity index (χ0n) is 13.7. The molecule has 5 nitrogen and oxygen atoms in total. The lowest BCUT2D eigenvalue weighted by molar-refractivity contribution is -0.148. The van der Waals surface area contributed by atoms with E-state index in [2.05, 4.69) is 9.97 Å². The van der Waals surface area contributed by atoms with Crippen molar-refractivity contribution in [2.45, 2.75) is 19.4 Å². The number of esters is 1. The van der Waals surface area contributed by atoms with Crippen molar-refractivity contribution in [1.82, 2.24) is 9.97 Å². The van der Waals surface area contributed by atoms with E-state index in [0.29, 0.717) is 16.0 Å². The van der Waals surface area contributed by atoms with E-state index in [1.807, 2.05) is 39.7 Å². The van der Waals surface area contributed by atoms with E-state index < -0.39 is 6.10 Å². The highest BCUT2D eigenvalue weighted by Gasteiger charge is 2.19. The predicted octanol–water partition coefficient (Wildman–Crippen LogP) is 4.62. The van der Waals surface area contributed by atoms with Crippen molar-refractivity contribution in [2.75, 3.05) is 0 Å². The molecule has 4 heterocycles. The van der Waals surface area contributed by atoms with E-state index in [1.165, 1.54) is 22.7 Å². The summed E-state index contributed by atoms with van der Waals surface area (Å²) in [4.78, 5) is 33.6. The number of H-pyrrole nitrogens is 1. The number of thiophene rings is 3. The Hall–Kier alpha value is -2.29. The molecular weight excluding hydrogens is 388 g/mol. The number of hydrogen-bond acceptors (Lipinski definition) is 7. The lowest BCUT2D eigenvalue weighted by atomic mass is 10.2. The number of carbonyl (C=O) groups excluding carboxylic acids is 1. The van der Waals surface area contributed by atoms with Crippen molar-refractivity contribution in [3.8, 4) is 10.4 Å². The molecule has 0 bridgehead atoms. The monoisotopic (exact) mass is 402 g/mol. The van der Waals surface area contributed by atoms with Gasteiger partial charge in [-0.2, -0.15) is 11.3 Å². The minimum absolute atomic E-state index is 0.210. The number of aromatic nitrogens is 2. The molecule has 0 aliphatic rings. The van der Waals surface area contributed by atoms with Gasteiger partial charge >= 0.3 is 5.97 Å². The Balaban J connectivity index is 1.59. The van der Waals surface area contributed by atoms with Crippen LogP contribution in [0.5, 0.6) is 0 Å². The number of nitrogens with zero attached hydrogens (tertiary/aromatic N) is 1. The summed E-state index contributed by atoms with van der Waals surface area (Å²) in [6.07, 6.45) is -0.410. The Morgan fingerprint density at radius 2 is 2.15 bits per heavy atom. The first-order valence-electron chi connectivity index (χ1n) is 7.87. The largest absolute Gasteiger partial charge is 0.454 e. The number of rotatable bonds is 5. The molecule has 1 atom stereocenters. The lowest BCUT2D eigenvalue weighted by Crippen LogP contribution is -2.17. The Morgan fingerprint density at radius 1 is 1.27 bits per heavy atom. The van der Waals surface area contributed by atoms with Crippen LogP contribution in [0, 0.1) is 0 Å². The molecule has 0 aliphatic heterocycles. The number of carbonyl (C=O) groups is 1. The predicted molar refractivity (Wildman–Crippen MR) is 106 cm³/mol. The maximum atomic E-state index is 12.6. The second-order valence-electron chi connectivity index (χ2n) is 5.70. The van der Waals surface area contributed by atoms with E-state index in [9.17, 15) is 9.59 Å². The zero-order valence-corrected chi connectivity index (χ0v) is 16.2. The molecule has 0 amide bonds. The van der Waals surface area contributed by atoms with Gasteiger partial charge in [0.2, 0.25) is 0 Å². The van der Waals surface area contributed by atoms with Crippen molar-refractivity contribution in [2.24, 2.45) is 0 Å². The smallest absolute Gasteiger partial charge is 0.310 e. The zero-order chi connectivity index (χ0) is 18.1. The summed E-state index contributed by atoms with van der Waals surface area (Å²) in [5.74, 6) is 0.0184. The highest BCUT2D eigenvalue weighted by molar-refractivity contribution is 7.18. The molecule has 0 aliphatic carbocycles. The van der Waals surface area contributed by atoms with Crippen LogP contribution in [0.25, 0.3) is 20.7 Å². The standard InChI is InChI=1S/C18H14N2O3S3/c1-10(23-14(21)7-11-4-6-24-8-11)16-19-17(22)15-12(9-26-18(15)20-16)13-3-2-5-25-13/h2-6,8-10H,7H2,1H3,(H,19,20,22)/t10-/m0/s1. The fourth-order valence-electron chi connectivity index (χ4n) is 2.63. The third-order valence-corrected chi connectivity index (χ3v) is 6.38. The van der Waals surface area contributed by atoms with E-state index >= 15 is 0 Å². The molecule has 4 aromatic rings. The molecule has 4 rings (SSSR count). The summed E-state index contributed by atoms with van der Waals surface area (Å²) >= 11 is 4.54. The molecule has 0 radical (unpaired) electrons. The third-order valence-electron chi connectivity index (χ3n) is 3.87. The van der Waals surface area contributed by atoms with E-state index in [1.54, 1.807) is 18.3 Å². The molecule has 0 saturated heterocycles. The molecule has 1 N–H and O–H groups in total. The minimum atomic E-state index is -0.620. The van der Waals surface area contributed by atoms with Crippen molar-refractivity contribution < 1.29 is 9.53 Å². The van der Waals surface area contributed by atoms with Gasteiger partial charge in [-0.15, -0.1) is 22.7 Å². The summed E-state index contributed by atoms with van der Waals surface area (Å²) in [6.45, 7) is 1.71. The van der Waals surface area contributed by atoms with Crippen molar-refractivity contribution in [3.63, 3.8) is 0 Å². The van der Waals surface area contributed by atoms with Crippen molar-refractivity contribution >= 4 is 50.2 Å². The highest BCUT2D eigenvalue weighted by Crippen LogP contribution is 2.33. The number of nitrogens with one attached hydrogen (secondary N) is 1. The molecule has 8 heteroatoms. The first-order chi connectivity index (χ1) is 12.6. The first kappa shape index (κ1) is 17.1. The highest BCUT2D eigenvalue weighted by atomic mass is 32.1. The summed E-state index contributed by atoms with van der Waals surface area (Å²) in [7, 11) is 0. The van der Waals surface area contributed by atoms with Gasteiger partial charge in [-0.25, -0.2) is 4.98 Å². The fraction of sp³-hybridized carbons (Fsp3) is 0.167. The van der Waals surface area contributed by atoms with Crippen LogP contribution in [0.1, 0.15) is 24.4 Å². The lowest BCUT2D eigenvalue weighted by Gasteiger charge is -2.12. The topological polar surface area (TPSA) is 72.0 Å². The second-order valence-corrected chi connectivity index (χ2v) is 8.28. The Morgan fingerprint density at radius 3 is 2.88 bits per heavy atom. The second kappa shape index (κ2) is 7.14. The van der Waals surface area contributed by atoms with E-state index in [-0.39, 0.29) is 17.9 Å². The fourth-order valence-corrected chi connectivity index (χ4v) is 5.06. The van der Waals surface area contributed by atoms with Gasteiger partial charge in [0.15, 0.2) is 11.9 Å². The average molecular weight is 403 g/mol. The van der Waals surface area contributed by atoms with Crippen LogP contribution in [0.15, 0.2) is 44.5 Å². The van der Waals surface area contributed by atoms with Crippen LogP contribution in [-0.2, 0) is 16.0 Å². The molecule has 0 aromatic carbocycles. The van der Waals surface area contributed by atoms with Gasteiger partial charge in [0, 0.05) is 15.8 Å². The van der Waals surface area contributed by atoms with E-state index in [0.717, 1.165) is 16.0 Å². The van der Waals surface area contributed by atoms with Gasteiger partial charge in [0.05, 0.1) is 11.8 Å². The molecular formula is C18H14N2O3S3. The Labute approximate surface area is 160 Å². The number of fused-ring (bicyclic) bond motifs is 1. The van der Waals surface area contributed by atoms with Crippen molar-refractivity contribution in [1.29, 1.82) is 0 Å². The van der Waals surface area contributed by atoms with Crippen LogP contribution < -0.4 is 5.56 Å². The molecule has 4 aromatic heterocycles. The molecule has 0 fully saturated rings. The van der Waals surface area contributed by atoms with Gasteiger partial charge in [0.25, 0.3) is 5.56 Å². The number of ether oxygens (including phenoxy) is 1. The van der Waals surface area contributed by atoms with Crippen LogP contribution in [0.2, 0.25) is 0 Å². The SMILES string of the molecule is C[C@H](OC(=O)Cc1ccsc1)c1nc2scc(-c3cccs3)c2c(=O)[nH]1. The maximum absolute atomic E-state index is 12.6. The van der Waals surface area contributed by atoms with E-state index in [4.69, 9.17) is 4.74 Å². The third kappa shape index (κ3) is 3.35. The van der Waals surface area contributed by atoms with Gasteiger partial charge in [-0.3, -0.25) is 9.59 Å².